The molecule has 0 aliphatic heterocycles. The van der Waals surface area contributed by atoms with Crippen LogP contribution in [0.1, 0.15) is 49.4 Å². The molecule has 0 atom stereocenters. The Kier molecular flexibility index (Phi) is 4.35. The lowest BCUT2D eigenvalue weighted by molar-refractivity contribution is 0.437. The summed E-state index contributed by atoms with van der Waals surface area (Å²) >= 11 is 1.46. The van der Waals surface area contributed by atoms with Gasteiger partial charge in [0, 0.05) is 42.0 Å². The molecular formula is C20H23N7S. The lowest BCUT2D eigenvalue weighted by Gasteiger charge is -2.22. The van der Waals surface area contributed by atoms with E-state index in [-0.39, 0.29) is 0 Å². The predicted molar refractivity (Wildman–Crippen MR) is 111 cm³/mol. The average molecular weight is 394 g/mol. The molecule has 1 aliphatic carbocycles. The molecule has 144 valence electrons. The lowest BCUT2D eigenvalue weighted by Crippen LogP contribution is -2.10. The van der Waals surface area contributed by atoms with Gasteiger partial charge in [0.15, 0.2) is 5.65 Å². The van der Waals surface area contributed by atoms with Crippen molar-refractivity contribution in [3.63, 3.8) is 0 Å². The van der Waals surface area contributed by atoms with Gasteiger partial charge in [-0.3, -0.25) is 4.68 Å². The highest BCUT2D eigenvalue weighted by Crippen LogP contribution is 2.35. The minimum absolute atomic E-state index is 0.513. The van der Waals surface area contributed by atoms with Crippen molar-refractivity contribution in [1.29, 1.82) is 0 Å². The van der Waals surface area contributed by atoms with Crippen molar-refractivity contribution in [2.45, 2.75) is 44.9 Å². The molecule has 7 nitrogen and oxygen atoms in total. The van der Waals surface area contributed by atoms with Crippen LogP contribution in [0.15, 0.2) is 30.7 Å². The fourth-order valence-electron chi connectivity index (χ4n) is 3.99. The van der Waals surface area contributed by atoms with Gasteiger partial charge < -0.3 is 5.32 Å². The summed E-state index contributed by atoms with van der Waals surface area (Å²) in [4.78, 5) is 5.06. The predicted octanol–water partition coefficient (Wildman–Crippen LogP) is 4.69. The van der Waals surface area contributed by atoms with Gasteiger partial charge in [0.05, 0.1) is 18.1 Å². The molecule has 0 radical (unpaired) electrons. The zero-order valence-electron chi connectivity index (χ0n) is 16.1. The van der Waals surface area contributed by atoms with Crippen LogP contribution in [0.3, 0.4) is 0 Å². The second-order valence-corrected chi connectivity index (χ2v) is 8.36. The van der Waals surface area contributed by atoms with Crippen molar-refractivity contribution in [2.75, 3.05) is 5.32 Å². The van der Waals surface area contributed by atoms with Gasteiger partial charge in [-0.05, 0) is 37.4 Å². The molecule has 8 heteroatoms. The van der Waals surface area contributed by atoms with Crippen molar-refractivity contribution >= 4 is 28.0 Å². The molecule has 5 rings (SSSR count). The number of aryl methyl sites for hydroxylation is 2. The first-order chi connectivity index (χ1) is 13.7. The Morgan fingerprint density at radius 1 is 1.11 bits per heavy atom. The third-order valence-electron chi connectivity index (χ3n) is 5.41. The van der Waals surface area contributed by atoms with Crippen LogP contribution >= 0.6 is 11.5 Å². The molecule has 0 saturated heterocycles. The van der Waals surface area contributed by atoms with E-state index in [0.29, 0.717) is 5.92 Å². The number of hydrogen-bond acceptors (Lipinski definition) is 6. The number of anilines is 2. The largest absolute Gasteiger partial charge is 0.331 e. The molecule has 0 unspecified atom stereocenters. The van der Waals surface area contributed by atoms with Crippen molar-refractivity contribution in [2.24, 2.45) is 7.05 Å². The minimum Gasteiger partial charge on any atom is -0.331 e. The van der Waals surface area contributed by atoms with E-state index in [2.05, 4.69) is 32.0 Å². The summed E-state index contributed by atoms with van der Waals surface area (Å²) in [6.07, 6.45) is 12.1. The van der Waals surface area contributed by atoms with Crippen molar-refractivity contribution in [3.05, 3.63) is 42.1 Å². The minimum atomic E-state index is 0.513. The molecule has 1 fully saturated rings. The monoisotopic (exact) mass is 393 g/mol. The quantitative estimate of drug-likeness (QED) is 0.545. The van der Waals surface area contributed by atoms with Gasteiger partial charge >= 0.3 is 0 Å². The molecule has 0 bridgehead atoms. The van der Waals surface area contributed by atoms with E-state index >= 15 is 0 Å². The van der Waals surface area contributed by atoms with Gasteiger partial charge in [-0.1, -0.05) is 19.3 Å². The average Bonchev–Trinajstić information content (AvgIpc) is 3.42. The Labute approximate surface area is 167 Å². The zero-order valence-corrected chi connectivity index (χ0v) is 16.9. The fourth-order valence-corrected chi connectivity index (χ4v) is 4.66. The standard InChI is InChI=1S/C20H23N7S/c1-13-8-19(28-25-13)24-18-9-17(14-6-4-3-5-7-14)23-20-16(11-22-27(18)20)15-10-21-26(2)12-15/h8-12,14,24H,3-7H2,1-2H3. The SMILES string of the molecule is Cc1cc(Nc2cc(C3CCCCC3)nc3c(-c4cnn(C)c4)cnn23)sn1. The lowest BCUT2D eigenvalue weighted by atomic mass is 9.87. The van der Waals surface area contributed by atoms with E-state index in [4.69, 9.17) is 4.98 Å². The van der Waals surface area contributed by atoms with Gasteiger partial charge in [-0.2, -0.15) is 19.1 Å². The number of nitrogens with one attached hydrogen (secondary N) is 1. The smallest absolute Gasteiger partial charge is 0.165 e. The zero-order chi connectivity index (χ0) is 19.1. The van der Waals surface area contributed by atoms with Crippen LogP contribution in [0, 0.1) is 6.92 Å². The molecule has 0 aromatic carbocycles. The number of nitrogens with zero attached hydrogens (tertiary/aromatic N) is 6. The highest BCUT2D eigenvalue weighted by molar-refractivity contribution is 7.10. The van der Waals surface area contributed by atoms with E-state index in [1.54, 1.807) is 0 Å². The third kappa shape index (κ3) is 3.17. The molecule has 0 spiro atoms. The molecule has 4 aromatic heterocycles. The topological polar surface area (TPSA) is 72.9 Å². The van der Waals surface area contributed by atoms with Crippen LogP contribution in [-0.4, -0.2) is 28.8 Å². The second-order valence-electron chi connectivity index (χ2n) is 7.56. The normalized spacial score (nSPS) is 15.4. The number of aromatic nitrogens is 6. The summed E-state index contributed by atoms with van der Waals surface area (Å²) < 4.78 is 8.08. The summed E-state index contributed by atoms with van der Waals surface area (Å²) in [6.45, 7) is 2.01. The van der Waals surface area contributed by atoms with E-state index < -0.39 is 0 Å². The van der Waals surface area contributed by atoms with Gasteiger partial charge in [0.25, 0.3) is 0 Å². The van der Waals surface area contributed by atoms with Gasteiger partial charge in [-0.25, -0.2) is 4.98 Å². The summed E-state index contributed by atoms with van der Waals surface area (Å²) in [7, 11) is 1.93. The highest BCUT2D eigenvalue weighted by Gasteiger charge is 2.21. The molecule has 28 heavy (non-hydrogen) atoms. The molecule has 4 heterocycles. The second kappa shape index (κ2) is 7.01. The maximum Gasteiger partial charge on any atom is 0.165 e. The molecule has 0 amide bonds. The molecule has 1 saturated carbocycles. The number of fused-ring (bicyclic) bond motifs is 1. The Bertz CT molecular complexity index is 1120. The number of rotatable bonds is 4. The maximum atomic E-state index is 5.06. The first-order valence-corrected chi connectivity index (χ1v) is 10.5. The Morgan fingerprint density at radius 3 is 2.68 bits per heavy atom. The van der Waals surface area contributed by atoms with Crippen molar-refractivity contribution in [3.8, 4) is 11.1 Å². The fraction of sp³-hybridized carbons (Fsp3) is 0.400. The Morgan fingerprint density at radius 2 is 1.96 bits per heavy atom. The van der Waals surface area contributed by atoms with Gasteiger partial charge in [-0.15, -0.1) is 0 Å². The van der Waals surface area contributed by atoms with Gasteiger partial charge in [0.2, 0.25) is 0 Å². The van der Waals surface area contributed by atoms with Crippen LogP contribution in [0.2, 0.25) is 0 Å². The summed E-state index contributed by atoms with van der Waals surface area (Å²) in [6, 6.07) is 4.22. The van der Waals surface area contributed by atoms with E-state index in [1.807, 2.05) is 41.8 Å². The van der Waals surface area contributed by atoms with Crippen LogP contribution < -0.4 is 5.32 Å². The number of hydrogen-bond donors (Lipinski definition) is 1. The van der Waals surface area contributed by atoms with Crippen LogP contribution in [0.4, 0.5) is 10.8 Å². The van der Waals surface area contributed by atoms with Crippen molar-refractivity contribution in [1.82, 2.24) is 28.8 Å². The summed E-state index contributed by atoms with van der Waals surface area (Å²) in [5.41, 5.74) is 5.09. The van der Waals surface area contributed by atoms with Gasteiger partial charge in [0.1, 0.15) is 10.8 Å². The molecular weight excluding hydrogens is 370 g/mol. The van der Waals surface area contributed by atoms with Crippen molar-refractivity contribution < 1.29 is 0 Å². The van der Waals surface area contributed by atoms with Crippen LogP contribution in [0.5, 0.6) is 0 Å². The summed E-state index contributed by atoms with van der Waals surface area (Å²) in [5, 5.41) is 13.5. The summed E-state index contributed by atoms with van der Waals surface area (Å²) in [5.74, 6) is 1.45. The van der Waals surface area contributed by atoms with Crippen LogP contribution in [-0.2, 0) is 7.05 Å². The Hall–Kier alpha value is -2.74. The first kappa shape index (κ1) is 17.4. The maximum absolute atomic E-state index is 5.06. The molecule has 4 aromatic rings. The third-order valence-corrected chi connectivity index (χ3v) is 6.21. The molecule has 1 aliphatic rings. The van der Waals surface area contributed by atoms with E-state index in [1.165, 1.54) is 43.6 Å². The first-order valence-electron chi connectivity index (χ1n) is 9.75. The van der Waals surface area contributed by atoms with E-state index in [0.717, 1.165) is 39.0 Å². The Balaban J connectivity index is 1.64. The molecule has 1 N–H and O–H groups in total. The highest BCUT2D eigenvalue weighted by atomic mass is 32.1. The van der Waals surface area contributed by atoms with E-state index in [9.17, 15) is 0 Å². The van der Waals surface area contributed by atoms with Crippen LogP contribution in [0.25, 0.3) is 16.8 Å².